The lowest BCUT2D eigenvalue weighted by Gasteiger charge is -2.42. The molecular formula is C13H26N2O2. The van der Waals surface area contributed by atoms with Crippen LogP contribution in [-0.4, -0.2) is 40.6 Å². The maximum Gasteiger partial charge on any atom is 0.323 e. The predicted molar refractivity (Wildman–Crippen MR) is 68.9 cm³/mol. The third kappa shape index (κ3) is 3.19. The van der Waals surface area contributed by atoms with Gasteiger partial charge < -0.3 is 15.7 Å². The van der Waals surface area contributed by atoms with Crippen LogP contribution in [0.3, 0.4) is 0 Å². The van der Waals surface area contributed by atoms with E-state index in [0.717, 1.165) is 25.7 Å². The molecule has 1 saturated carbocycles. The van der Waals surface area contributed by atoms with Gasteiger partial charge in [-0.05, 0) is 45.6 Å². The molecule has 2 unspecified atom stereocenters. The van der Waals surface area contributed by atoms with E-state index in [-0.39, 0.29) is 0 Å². The van der Waals surface area contributed by atoms with E-state index in [2.05, 4.69) is 25.8 Å². The molecule has 0 aromatic carbocycles. The maximum absolute atomic E-state index is 11.2. The van der Waals surface area contributed by atoms with E-state index in [1.807, 2.05) is 0 Å². The molecular weight excluding hydrogens is 216 g/mol. The summed E-state index contributed by atoms with van der Waals surface area (Å²) in [4.78, 5) is 13.5. The number of carboxylic acids is 1. The lowest BCUT2D eigenvalue weighted by Crippen LogP contribution is -2.56. The number of nitrogens with zero attached hydrogens (tertiary/aromatic N) is 1. The highest BCUT2D eigenvalue weighted by molar-refractivity contribution is 5.78. The molecule has 1 rings (SSSR count). The zero-order chi connectivity index (χ0) is 13.1. The highest BCUT2D eigenvalue weighted by Crippen LogP contribution is 2.30. The molecule has 2 atom stereocenters. The van der Waals surface area contributed by atoms with Crippen molar-refractivity contribution in [2.24, 2.45) is 5.73 Å². The molecule has 0 radical (unpaired) electrons. The summed E-state index contributed by atoms with van der Waals surface area (Å²) in [7, 11) is 2.11. The summed E-state index contributed by atoms with van der Waals surface area (Å²) in [6.07, 6.45) is 5.38. The average Bonchev–Trinajstić information content (AvgIpc) is 2.30. The van der Waals surface area contributed by atoms with Gasteiger partial charge >= 0.3 is 5.97 Å². The smallest absolute Gasteiger partial charge is 0.323 e. The Balaban J connectivity index is 2.69. The second-order valence-corrected chi connectivity index (χ2v) is 5.35. The summed E-state index contributed by atoms with van der Waals surface area (Å²) in [5.74, 6) is -0.847. The largest absolute Gasteiger partial charge is 0.480 e. The molecule has 4 nitrogen and oxygen atoms in total. The van der Waals surface area contributed by atoms with Crippen molar-refractivity contribution in [2.75, 3.05) is 7.05 Å². The molecule has 0 aromatic rings. The fourth-order valence-corrected chi connectivity index (χ4v) is 2.98. The number of hydrogen-bond acceptors (Lipinski definition) is 3. The Hall–Kier alpha value is -0.610. The van der Waals surface area contributed by atoms with Gasteiger partial charge in [-0.3, -0.25) is 4.79 Å². The number of hydrogen-bond donors (Lipinski definition) is 2. The van der Waals surface area contributed by atoms with Gasteiger partial charge in [0.15, 0.2) is 0 Å². The summed E-state index contributed by atoms with van der Waals surface area (Å²) in [5.41, 5.74) is 4.98. The fraction of sp³-hybridized carbons (Fsp3) is 0.923. The topological polar surface area (TPSA) is 66.6 Å². The Morgan fingerprint density at radius 1 is 1.53 bits per heavy atom. The van der Waals surface area contributed by atoms with E-state index < -0.39 is 11.5 Å². The zero-order valence-electron chi connectivity index (χ0n) is 11.3. The zero-order valence-corrected chi connectivity index (χ0v) is 11.3. The number of carbonyl (C=O) groups is 1. The van der Waals surface area contributed by atoms with Crippen LogP contribution >= 0.6 is 0 Å². The van der Waals surface area contributed by atoms with Crippen LogP contribution < -0.4 is 5.73 Å². The molecule has 0 aliphatic heterocycles. The second kappa shape index (κ2) is 5.83. The number of rotatable bonds is 5. The van der Waals surface area contributed by atoms with Crippen LogP contribution in [0.25, 0.3) is 0 Å². The van der Waals surface area contributed by atoms with Gasteiger partial charge in [-0.25, -0.2) is 0 Å². The Kier molecular flexibility index (Phi) is 4.95. The third-order valence-corrected chi connectivity index (χ3v) is 4.28. The Labute approximate surface area is 104 Å². The van der Waals surface area contributed by atoms with Crippen LogP contribution in [0, 0.1) is 0 Å². The summed E-state index contributed by atoms with van der Waals surface area (Å²) >= 11 is 0. The molecule has 1 aliphatic carbocycles. The first kappa shape index (κ1) is 14.5. The molecule has 1 fully saturated rings. The minimum Gasteiger partial charge on any atom is -0.480 e. The quantitative estimate of drug-likeness (QED) is 0.772. The number of aliphatic carboxylic acids is 1. The lowest BCUT2D eigenvalue weighted by atomic mass is 9.79. The van der Waals surface area contributed by atoms with Crippen molar-refractivity contribution in [1.29, 1.82) is 0 Å². The van der Waals surface area contributed by atoms with Crippen LogP contribution in [0.1, 0.15) is 52.4 Å². The average molecular weight is 242 g/mol. The van der Waals surface area contributed by atoms with Gasteiger partial charge in [0.25, 0.3) is 0 Å². The monoisotopic (exact) mass is 242 g/mol. The summed E-state index contributed by atoms with van der Waals surface area (Å²) in [6.45, 7) is 4.36. The highest BCUT2D eigenvalue weighted by atomic mass is 16.4. The van der Waals surface area contributed by atoms with E-state index in [4.69, 9.17) is 5.73 Å². The fourth-order valence-electron chi connectivity index (χ4n) is 2.98. The normalized spacial score (nSPS) is 29.9. The molecule has 17 heavy (non-hydrogen) atoms. The molecule has 3 N–H and O–H groups in total. The van der Waals surface area contributed by atoms with Crippen LogP contribution in [0.5, 0.6) is 0 Å². The minimum atomic E-state index is -1.01. The van der Waals surface area contributed by atoms with Gasteiger partial charge in [0, 0.05) is 12.1 Å². The van der Waals surface area contributed by atoms with Crippen molar-refractivity contribution in [3.8, 4) is 0 Å². The standard InChI is InChI=1S/C13H26N2O2/c1-4-10(5-2)15(3)11-7-6-8-13(14,9-11)12(16)17/h10-11H,4-9,14H2,1-3H3,(H,16,17). The Morgan fingerprint density at radius 2 is 2.12 bits per heavy atom. The molecule has 0 spiro atoms. The van der Waals surface area contributed by atoms with Crippen molar-refractivity contribution in [3.05, 3.63) is 0 Å². The van der Waals surface area contributed by atoms with Crippen molar-refractivity contribution in [2.45, 2.75) is 70.0 Å². The lowest BCUT2D eigenvalue weighted by molar-refractivity contribution is -0.145. The molecule has 0 saturated heterocycles. The van der Waals surface area contributed by atoms with Crippen molar-refractivity contribution in [3.63, 3.8) is 0 Å². The number of nitrogens with two attached hydrogens (primary N) is 1. The molecule has 1 aliphatic rings. The van der Waals surface area contributed by atoms with Gasteiger partial charge in [-0.2, -0.15) is 0 Å². The Morgan fingerprint density at radius 3 is 2.59 bits per heavy atom. The summed E-state index contributed by atoms with van der Waals surface area (Å²) in [6, 6.07) is 0.853. The van der Waals surface area contributed by atoms with Crippen LogP contribution in [0.4, 0.5) is 0 Å². The first-order chi connectivity index (χ1) is 7.94. The van der Waals surface area contributed by atoms with Gasteiger partial charge in [0.05, 0.1) is 0 Å². The summed E-state index contributed by atoms with van der Waals surface area (Å²) in [5, 5.41) is 9.21. The van der Waals surface area contributed by atoms with Crippen LogP contribution in [0.15, 0.2) is 0 Å². The van der Waals surface area contributed by atoms with Crippen LogP contribution in [0.2, 0.25) is 0 Å². The minimum absolute atomic E-state index is 0.315. The van der Waals surface area contributed by atoms with E-state index in [1.54, 1.807) is 0 Å². The van der Waals surface area contributed by atoms with Crippen molar-refractivity contribution < 1.29 is 9.90 Å². The van der Waals surface area contributed by atoms with Gasteiger partial charge in [-0.15, -0.1) is 0 Å². The van der Waals surface area contributed by atoms with E-state index in [1.165, 1.54) is 0 Å². The third-order valence-electron chi connectivity index (χ3n) is 4.28. The number of carboxylic acid groups (broad SMARTS) is 1. The van der Waals surface area contributed by atoms with E-state index in [0.29, 0.717) is 24.9 Å². The molecule has 100 valence electrons. The maximum atomic E-state index is 11.2. The first-order valence-corrected chi connectivity index (χ1v) is 6.68. The molecule has 4 heteroatoms. The van der Waals surface area contributed by atoms with Gasteiger partial charge in [0.2, 0.25) is 0 Å². The van der Waals surface area contributed by atoms with Crippen LogP contribution in [-0.2, 0) is 4.79 Å². The van der Waals surface area contributed by atoms with Gasteiger partial charge in [0.1, 0.15) is 5.54 Å². The molecule has 0 bridgehead atoms. The molecule has 0 amide bonds. The van der Waals surface area contributed by atoms with E-state index in [9.17, 15) is 9.90 Å². The van der Waals surface area contributed by atoms with Crippen molar-refractivity contribution in [1.82, 2.24) is 4.90 Å². The highest BCUT2D eigenvalue weighted by Gasteiger charge is 2.41. The predicted octanol–water partition coefficient (Wildman–Crippen LogP) is 1.83. The second-order valence-electron chi connectivity index (χ2n) is 5.35. The molecule has 0 heterocycles. The summed E-state index contributed by atoms with van der Waals surface area (Å²) < 4.78 is 0. The molecule has 0 aromatic heterocycles. The van der Waals surface area contributed by atoms with Gasteiger partial charge in [-0.1, -0.05) is 13.8 Å². The Bertz CT molecular complexity index is 266. The SMILES string of the molecule is CCC(CC)N(C)C1CCCC(N)(C(=O)O)C1. The van der Waals surface area contributed by atoms with E-state index >= 15 is 0 Å². The van der Waals surface area contributed by atoms with Crippen molar-refractivity contribution >= 4 is 5.97 Å². The first-order valence-electron chi connectivity index (χ1n) is 6.68.